The third kappa shape index (κ3) is 6.21. The van der Waals surface area contributed by atoms with Crippen LogP contribution in [0.5, 0.6) is 0 Å². The van der Waals surface area contributed by atoms with E-state index in [0.717, 1.165) is 16.0 Å². The van der Waals surface area contributed by atoms with E-state index in [1.807, 2.05) is 69.5 Å². The highest BCUT2D eigenvalue weighted by atomic mass is 32.1. The Balaban J connectivity index is 1.63. The van der Waals surface area contributed by atoms with E-state index in [1.165, 1.54) is 27.3 Å². The number of aromatic nitrogens is 4. The second-order valence-corrected chi connectivity index (χ2v) is 10.3. The Labute approximate surface area is 207 Å². The quantitative estimate of drug-likeness (QED) is 0.399. The first kappa shape index (κ1) is 24.3. The molecule has 0 saturated carbocycles. The lowest BCUT2D eigenvalue weighted by molar-refractivity contribution is -0.143. The number of carbonyl (C=O) groups excluding carboxylic acids is 2. The molecule has 1 unspecified atom stereocenters. The van der Waals surface area contributed by atoms with Crippen LogP contribution in [0, 0.1) is 6.92 Å². The van der Waals surface area contributed by atoms with Gasteiger partial charge in [0.05, 0.1) is 12.8 Å². The van der Waals surface area contributed by atoms with Crippen LogP contribution in [0.15, 0.2) is 64.6 Å². The van der Waals surface area contributed by atoms with Gasteiger partial charge in [-0.2, -0.15) is 4.80 Å². The number of aryl methyl sites for hydroxylation is 1. The van der Waals surface area contributed by atoms with Gasteiger partial charge in [-0.15, -0.1) is 21.5 Å². The summed E-state index contributed by atoms with van der Waals surface area (Å²) in [5.74, 6) is 0.139. The molecule has 0 aliphatic carbocycles. The maximum absolute atomic E-state index is 13.6. The fourth-order valence-corrected chi connectivity index (χ4v) is 4.25. The summed E-state index contributed by atoms with van der Waals surface area (Å²) in [6.07, 6.45) is 1.49. The number of carbonyl (C=O) groups is 2. The maximum Gasteiger partial charge on any atom is 0.251 e. The second kappa shape index (κ2) is 10.2. The van der Waals surface area contributed by atoms with Gasteiger partial charge in [0.2, 0.25) is 11.7 Å². The maximum atomic E-state index is 13.6. The molecule has 0 aliphatic heterocycles. The molecule has 1 N–H and O–H groups in total. The fraction of sp³-hybridized carbons (Fsp3) is 0.320. The summed E-state index contributed by atoms with van der Waals surface area (Å²) >= 11 is 1.51. The molecule has 3 aromatic heterocycles. The summed E-state index contributed by atoms with van der Waals surface area (Å²) in [7, 11) is 0. The lowest BCUT2D eigenvalue weighted by atomic mass is 10.1. The van der Waals surface area contributed by atoms with Crippen molar-refractivity contribution in [2.75, 3.05) is 0 Å². The largest absolute Gasteiger partial charge is 0.467 e. The zero-order chi connectivity index (χ0) is 25.0. The molecule has 2 amide bonds. The van der Waals surface area contributed by atoms with Crippen LogP contribution in [0.25, 0.3) is 11.4 Å². The average molecular weight is 493 g/mol. The number of nitrogens with one attached hydrogen (secondary N) is 1. The van der Waals surface area contributed by atoms with Gasteiger partial charge in [0.25, 0.3) is 5.91 Å². The highest BCUT2D eigenvalue weighted by Gasteiger charge is 2.35. The van der Waals surface area contributed by atoms with Crippen molar-refractivity contribution in [2.45, 2.75) is 52.4 Å². The average Bonchev–Trinajstić information content (AvgIpc) is 3.56. The smallest absolute Gasteiger partial charge is 0.251 e. The number of tetrazole rings is 1. The van der Waals surface area contributed by atoms with E-state index in [9.17, 15) is 9.59 Å². The van der Waals surface area contributed by atoms with Crippen LogP contribution in [-0.4, -0.2) is 42.5 Å². The molecule has 9 nitrogen and oxygen atoms in total. The van der Waals surface area contributed by atoms with Gasteiger partial charge in [-0.3, -0.25) is 9.59 Å². The molecule has 4 rings (SSSR count). The van der Waals surface area contributed by atoms with E-state index in [0.29, 0.717) is 11.6 Å². The van der Waals surface area contributed by atoms with Gasteiger partial charge in [0, 0.05) is 16.0 Å². The van der Waals surface area contributed by atoms with Crippen molar-refractivity contribution in [3.8, 4) is 11.4 Å². The first-order valence-electron chi connectivity index (χ1n) is 11.2. The minimum Gasteiger partial charge on any atom is -0.467 e. The summed E-state index contributed by atoms with van der Waals surface area (Å²) in [5, 5.41) is 17.5. The molecule has 0 aliphatic rings. The Kier molecular flexibility index (Phi) is 7.11. The molecule has 0 fully saturated rings. The molecule has 4 aromatic rings. The third-order valence-electron chi connectivity index (χ3n) is 5.14. The van der Waals surface area contributed by atoms with Crippen LogP contribution >= 0.6 is 11.3 Å². The highest BCUT2D eigenvalue weighted by molar-refractivity contribution is 7.09. The normalized spacial score (nSPS) is 12.3. The van der Waals surface area contributed by atoms with Gasteiger partial charge in [0.1, 0.15) is 12.3 Å². The van der Waals surface area contributed by atoms with Crippen LogP contribution in [0.3, 0.4) is 0 Å². The summed E-state index contributed by atoms with van der Waals surface area (Å²) < 4.78 is 5.60. The minimum atomic E-state index is -0.959. The highest BCUT2D eigenvalue weighted by Crippen LogP contribution is 2.27. The SMILES string of the molecule is Cc1ccc(-c2nnn(CC(=O)N(Cc3cccs3)C(C(=O)NC(C)(C)C)c3ccco3)n2)cc1. The summed E-state index contributed by atoms with van der Waals surface area (Å²) in [4.78, 5) is 30.7. The Morgan fingerprint density at radius 1 is 1.14 bits per heavy atom. The van der Waals surface area contributed by atoms with Crippen molar-refractivity contribution >= 4 is 23.2 Å². The van der Waals surface area contributed by atoms with E-state index in [4.69, 9.17) is 4.42 Å². The summed E-state index contributed by atoms with van der Waals surface area (Å²) in [6, 6.07) is 14.0. The first-order valence-corrected chi connectivity index (χ1v) is 12.1. The van der Waals surface area contributed by atoms with E-state index >= 15 is 0 Å². The number of hydrogen-bond acceptors (Lipinski definition) is 7. The van der Waals surface area contributed by atoms with Crippen molar-refractivity contribution in [3.05, 3.63) is 76.4 Å². The Morgan fingerprint density at radius 2 is 1.91 bits per heavy atom. The van der Waals surface area contributed by atoms with Crippen LogP contribution in [0.2, 0.25) is 0 Å². The van der Waals surface area contributed by atoms with Crippen molar-refractivity contribution in [1.29, 1.82) is 0 Å². The molecule has 0 spiro atoms. The van der Waals surface area contributed by atoms with Crippen molar-refractivity contribution in [2.24, 2.45) is 0 Å². The predicted molar refractivity (Wildman–Crippen MR) is 132 cm³/mol. The Bertz CT molecular complexity index is 1260. The number of furan rings is 1. The molecule has 0 saturated heterocycles. The molecule has 35 heavy (non-hydrogen) atoms. The van der Waals surface area contributed by atoms with Crippen molar-refractivity contribution in [1.82, 2.24) is 30.4 Å². The number of thiophene rings is 1. The van der Waals surface area contributed by atoms with Crippen LogP contribution in [0.4, 0.5) is 0 Å². The first-order chi connectivity index (χ1) is 16.7. The third-order valence-corrected chi connectivity index (χ3v) is 6.00. The predicted octanol–water partition coefficient (Wildman–Crippen LogP) is 3.99. The Hall–Kier alpha value is -3.79. The number of hydrogen-bond donors (Lipinski definition) is 1. The van der Waals surface area contributed by atoms with E-state index in [-0.39, 0.29) is 24.9 Å². The number of nitrogens with zero attached hydrogens (tertiary/aromatic N) is 5. The molecule has 182 valence electrons. The molecule has 10 heteroatoms. The number of amides is 2. The molecule has 0 radical (unpaired) electrons. The van der Waals surface area contributed by atoms with Crippen molar-refractivity contribution in [3.63, 3.8) is 0 Å². The lowest BCUT2D eigenvalue weighted by Crippen LogP contribution is -2.49. The van der Waals surface area contributed by atoms with Crippen LogP contribution < -0.4 is 5.32 Å². The van der Waals surface area contributed by atoms with Gasteiger partial charge in [-0.25, -0.2) is 0 Å². The minimum absolute atomic E-state index is 0.176. The molecule has 1 aromatic carbocycles. The van der Waals surface area contributed by atoms with E-state index in [1.54, 1.807) is 12.1 Å². The molecule has 1 atom stereocenters. The van der Waals surface area contributed by atoms with E-state index in [2.05, 4.69) is 20.7 Å². The zero-order valence-corrected chi connectivity index (χ0v) is 21.0. The molecule has 0 bridgehead atoms. The van der Waals surface area contributed by atoms with Gasteiger partial charge < -0.3 is 14.6 Å². The van der Waals surface area contributed by atoms with Crippen molar-refractivity contribution < 1.29 is 14.0 Å². The molecule has 3 heterocycles. The van der Waals surface area contributed by atoms with Gasteiger partial charge >= 0.3 is 0 Å². The van der Waals surface area contributed by atoms with E-state index < -0.39 is 11.6 Å². The van der Waals surface area contributed by atoms with Gasteiger partial charge in [-0.1, -0.05) is 35.9 Å². The standard InChI is InChI=1S/C25H28N6O3S/c1-17-9-11-18(12-10-17)23-27-29-31(28-23)16-21(32)30(15-19-7-6-14-35-19)22(20-8-5-13-34-20)24(33)26-25(2,3)4/h5-14,22H,15-16H2,1-4H3,(H,26,33). The lowest BCUT2D eigenvalue weighted by Gasteiger charge is -2.32. The summed E-state index contributed by atoms with van der Waals surface area (Å²) in [6.45, 7) is 7.73. The molecular formula is C25H28N6O3S. The van der Waals surface area contributed by atoms with Gasteiger partial charge in [0.15, 0.2) is 6.04 Å². The number of benzene rings is 1. The summed E-state index contributed by atoms with van der Waals surface area (Å²) in [5.41, 5.74) is 1.44. The zero-order valence-electron chi connectivity index (χ0n) is 20.1. The topological polar surface area (TPSA) is 106 Å². The van der Waals surface area contributed by atoms with Gasteiger partial charge in [-0.05, 0) is 56.5 Å². The fourth-order valence-electron chi connectivity index (χ4n) is 3.54. The second-order valence-electron chi connectivity index (χ2n) is 9.27. The molecular weight excluding hydrogens is 464 g/mol. The number of rotatable bonds is 8. The Morgan fingerprint density at radius 3 is 2.54 bits per heavy atom. The van der Waals surface area contributed by atoms with Crippen LogP contribution in [0.1, 0.15) is 43.0 Å². The van der Waals surface area contributed by atoms with Crippen LogP contribution in [-0.2, 0) is 22.7 Å². The monoisotopic (exact) mass is 492 g/mol.